The first-order chi connectivity index (χ1) is 13.6. The molecule has 9 heteroatoms. The maximum Gasteiger partial charge on any atom is 0.343 e. The number of ether oxygens (including phenoxy) is 1. The summed E-state index contributed by atoms with van der Waals surface area (Å²) in [6.07, 6.45) is 1.91. The maximum absolute atomic E-state index is 12.6. The van der Waals surface area contributed by atoms with Crippen LogP contribution in [0, 0.1) is 0 Å². The van der Waals surface area contributed by atoms with Gasteiger partial charge in [-0.05, 0) is 18.6 Å². The fourth-order valence-corrected chi connectivity index (χ4v) is 4.11. The normalized spacial score (nSPS) is 14.4. The molecule has 0 unspecified atom stereocenters. The van der Waals surface area contributed by atoms with Crippen LogP contribution in [0.25, 0.3) is 0 Å². The number of aromatic amines is 1. The molecule has 0 aliphatic carbocycles. The van der Waals surface area contributed by atoms with Crippen LogP contribution in [0.1, 0.15) is 19.8 Å². The topological polar surface area (TPSA) is 83.5 Å². The number of rotatable bonds is 8. The molecule has 1 aliphatic rings. The van der Waals surface area contributed by atoms with Crippen LogP contribution in [0.15, 0.2) is 34.2 Å². The number of hydrogen-bond donors (Lipinski definition) is 1. The van der Waals surface area contributed by atoms with Crippen molar-refractivity contribution in [2.24, 2.45) is 0 Å². The van der Waals surface area contributed by atoms with E-state index < -0.39 is 0 Å². The number of thioether (sulfide) groups is 1. The second kappa shape index (κ2) is 9.68. The van der Waals surface area contributed by atoms with Crippen molar-refractivity contribution in [3.63, 3.8) is 0 Å². The molecule has 2 heterocycles. The quantitative estimate of drug-likeness (QED) is 0.675. The summed E-state index contributed by atoms with van der Waals surface area (Å²) in [7, 11) is 1.67. The SMILES string of the molecule is CCCCn1c(SCC(=O)N2CCN(c3ccccc3OC)CC2)n[nH]c1=O. The fourth-order valence-electron chi connectivity index (χ4n) is 3.23. The number of anilines is 1. The van der Waals surface area contributed by atoms with Gasteiger partial charge in [-0.25, -0.2) is 9.89 Å². The van der Waals surface area contributed by atoms with E-state index in [0.717, 1.165) is 37.4 Å². The molecule has 0 saturated carbocycles. The molecule has 1 aliphatic heterocycles. The molecule has 0 atom stereocenters. The lowest BCUT2D eigenvalue weighted by atomic mass is 10.2. The van der Waals surface area contributed by atoms with Crippen LogP contribution < -0.4 is 15.3 Å². The van der Waals surface area contributed by atoms with Crippen LogP contribution in [0.5, 0.6) is 5.75 Å². The van der Waals surface area contributed by atoms with E-state index in [0.29, 0.717) is 24.8 Å². The number of carbonyl (C=O) groups excluding carboxylic acids is 1. The molecule has 1 saturated heterocycles. The highest BCUT2D eigenvalue weighted by atomic mass is 32.2. The molecule has 3 rings (SSSR count). The van der Waals surface area contributed by atoms with Crippen LogP contribution in [0.3, 0.4) is 0 Å². The van der Waals surface area contributed by atoms with E-state index in [9.17, 15) is 9.59 Å². The van der Waals surface area contributed by atoms with Crippen LogP contribution >= 0.6 is 11.8 Å². The van der Waals surface area contributed by atoms with Crippen molar-refractivity contribution < 1.29 is 9.53 Å². The third-order valence-electron chi connectivity index (χ3n) is 4.84. The van der Waals surface area contributed by atoms with Crippen LogP contribution in [-0.2, 0) is 11.3 Å². The molecule has 0 radical (unpaired) electrons. The van der Waals surface area contributed by atoms with E-state index in [1.54, 1.807) is 11.7 Å². The number of methoxy groups -OCH3 is 1. The minimum Gasteiger partial charge on any atom is -0.495 e. The second-order valence-electron chi connectivity index (χ2n) is 6.64. The zero-order valence-corrected chi connectivity index (χ0v) is 17.2. The first-order valence-corrected chi connectivity index (χ1v) is 10.6. The number of aromatic nitrogens is 3. The molecule has 0 bridgehead atoms. The smallest absolute Gasteiger partial charge is 0.343 e. The maximum atomic E-state index is 12.6. The van der Waals surface area contributed by atoms with Crippen LogP contribution in [-0.4, -0.2) is 64.6 Å². The van der Waals surface area contributed by atoms with E-state index in [2.05, 4.69) is 22.0 Å². The van der Waals surface area contributed by atoms with Gasteiger partial charge < -0.3 is 14.5 Å². The number of para-hydroxylation sites is 2. The molecule has 152 valence electrons. The van der Waals surface area contributed by atoms with Gasteiger partial charge in [0, 0.05) is 32.7 Å². The summed E-state index contributed by atoms with van der Waals surface area (Å²) in [5.74, 6) is 1.20. The van der Waals surface area contributed by atoms with E-state index in [1.165, 1.54) is 11.8 Å². The minimum atomic E-state index is -0.214. The van der Waals surface area contributed by atoms with Gasteiger partial charge >= 0.3 is 5.69 Å². The van der Waals surface area contributed by atoms with E-state index in [-0.39, 0.29) is 17.3 Å². The summed E-state index contributed by atoms with van der Waals surface area (Å²) in [5, 5.41) is 7.11. The summed E-state index contributed by atoms with van der Waals surface area (Å²) in [4.78, 5) is 28.6. The fraction of sp³-hybridized carbons (Fsp3) is 0.526. The van der Waals surface area contributed by atoms with Crippen molar-refractivity contribution in [2.75, 3.05) is 43.9 Å². The predicted molar refractivity (Wildman–Crippen MR) is 110 cm³/mol. The van der Waals surface area contributed by atoms with Crippen molar-refractivity contribution in [3.8, 4) is 5.75 Å². The largest absolute Gasteiger partial charge is 0.495 e. The van der Waals surface area contributed by atoms with Crippen molar-refractivity contribution in [2.45, 2.75) is 31.5 Å². The van der Waals surface area contributed by atoms with Gasteiger partial charge in [-0.2, -0.15) is 0 Å². The van der Waals surface area contributed by atoms with Gasteiger partial charge in [-0.3, -0.25) is 9.36 Å². The van der Waals surface area contributed by atoms with Crippen molar-refractivity contribution in [1.82, 2.24) is 19.7 Å². The Bertz CT molecular complexity index is 842. The number of piperazine rings is 1. The first kappa shape index (κ1) is 20.3. The number of amides is 1. The van der Waals surface area contributed by atoms with Gasteiger partial charge in [0.05, 0.1) is 18.6 Å². The summed E-state index contributed by atoms with van der Waals surface area (Å²) in [6.45, 7) is 5.56. The van der Waals surface area contributed by atoms with Gasteiger partial charge in [-0.15, -0.1) is 5.10 Å². The number of H-pyrrole nitrogens is 1. The third kappa shape index (κ3) is 4.70. The Hall–Kier alpha value is -2.42. The Kier molecular flexibility index (Phi) is 7.02. The summed E-state index contributed by atoms with van der Waals surface area (Å²) in [5.41, 5.74) is 0.844. The van der Waals surface area contributed by atoms with Gasteiger partial charge in [0.25, 0.3) is 0 Å². The lowest BCUT2D eigenvalue weighted by Crippen LogP contribution is -2.49. The molecule has 8 nitrogen and oxygen atoms in total. The molecule has 28 heavy (non-hydrogen) atoms. The zero-order valence-electron chi connectivity index (χ0n) is 16.4. The third-order valence-corrected chi connectivity index (χ3v) is 5.80. The predicted octanol–water partition coefficient (Wildman–Crippen LogP) is 1.82. The minimum absolute atomic E-state index is 0.0715. The van der Waals surface area contributed by atoms with Gasteiger partial charge in [0.15, 0.2) is 5.16 Å². The molecule has 1 amide bonds. The number of unbranched alkanes of at least 4 members (excludes halogenated alkanes) is 1. The lowest BCUT2D eigenvalue weighted by Gasteiger charge is -2.36. The van der Waals surface area contributed by atoms with E-state index >= 15 is 0 Å². The highest BCUT2D eigenvalue weighted by molar-refractivity contribution is 7.99. The Labute approximate surface area is 168 Å². The summed E-state index contributed by atoms with van der Waals surface area (Å²) < 4.78 is 7.05. The van der Waals surface area contributed by atoms with Crippen LogP contribution in [0.4, 0.5) is 5.69 Å². The van der Waals surface area contributed by atoms with Crippen molar-refractivity contribution in [1.29, 1.82) is 0 Å². The molecular formula is C19H27N5O3S. The molecule has 1 aromatic heterocycles. The Morgan fingerprint density at radius 1 is 1.25 bits per heavy atom. The summed E-state index contributed by atoms with van der Waals surface area (Å²) in [6, 6.07) is 7.94. The Morgan fingerprint density at radius 2 is 2.00 bits per heavy atom. The second-order valence-corrected chi connectivity index (χ2v) is 7.59. The van der Waals surface area contributed by atoms with Crippen LogP contribution in [0.2, 0.25) is 0 Å². The van der Waals surface area contributed by atoms with Crippen molar-refractivity contribution >= 4 is 23.4 Å². The standard InChI is InChI=1S/C19H27N5O3S/c1-3-4-9-24-18(26)20-21-19(24)28-14-17(25)23-12-10-22(11-13-23)15-7-5-6-8-16(15)27-2/h5-8H,3-4,9-14H2,1-2H3,(H,20,26). The Balaban J connectivity index is 1.53. The van der Waals surface area contributed by atoms with Gasteiger partial charge in [0.2, 0.25) is 5.91 Å². The molecule has 1 aromatic carbocycles. The number of carbonyl (C=O) groups is 1. The average molecular weight is 406 g/mol. The number of hydrogen-bond acceptors (Lipinski definition) is 6. The van der Waals surface area contributed by atoms with E-state index in [4.69, 9.17) is 4.74 Å². The molecular weight excluding hydrogens is 378 g/mol. The van der Waals surface area contributed by atoms with Gasteiger partial charge in [0.1, 0.15) is 5.75 Å². The summed E-state index contributed by atoms with van der Waals surface area (Å²) >= 11 is 1.32. The highest BCUT2D eigenvalue weighted by Gasteiger charge is 2.23. The lowest BCUT2D eigenvalue weighted by molar-refractivity contribution is -0.128. The Morgan fingerprint density at radius 3 is 2.71 bits per heavy atom. The first-order valence-electron chi connectivity index (χ1n) is 9.57. The molecule has 0 spiro atoms. The molecule has 1 N–H and O–H groups in total. The zero-order chi connectivity index (χ0) is 19.9. The van der Waals surface area contributed by atoms with E-state index in [1.807, 2.05) is 29.2 Å². The average Bonchev–Trinajstić information content (AvgIpc) is 3.09. The van der Waals surface area contributed by atoms with Crippen molar-refractivity contribution in [3.05, 3.63) is 34.7 Å². The monoisotopic (exact) mass is 405 g/mol. The number of nitrogens with one attached hydrogen (secondary N) is 1. The molecule has 2 aromatic rings. The number of nitrogens with zero attached hydrogens (tertiary/aromatic N) is 4. The highest BCUT2D eigenvalue weighted by Crippen LogP contribution is 2.28. The van der Waals surface area contributed by atoms with Gasteiger partial charge in [-0.1, -0.05) is 37.2 Å². The molecule has 1 fully saturated rings. The number of benzene rings is 1.